The molecule has 0 aliphatic heterocycles. The van der Waals surface area contributed by atoms with Gasteiger partial charge in [-0.2, -0.15) is 0 Å². The molecule has 1 unspecified atom stereocenters. The lowest BCUT2D eigenvalue weighted by Crippen LogP contribution is -2.25. The van der Waals surface area contributed by atoms with Crippen LogP contribution in [0.15, 0.2) is 17.5 Å². The number of methoxy groups -OCH3 is 1. The summed E-state index contributed by atoms with van der Waals surface area (Å²) in [7, 11) is 3.80. The van der Waals surface area contributed by atoms with Crippen LogP contribution in [0.4, 0.5) is 0 Å². The van der Waals surface area contributed by atoms with Gasteiger partial charge in [-0.3, -0.25) is 0 Å². The summed E-state index contributed by atoms with van der Waals surface area (Å²) in [5, 5.41) is 5.48. The van der Waals surface area contributed by atoms with E-state index in [-0.39, 0.29) is 5.60 Å². The highest BCUT2D eigenvalue weighted by atomic mass is 32.1. The minimum absolute atomic E-state index is 0.0215. The second kappa shape index (κ2) is 5.64. The molecule has 1 rings (SSSR count). The van der Waals surface area contributed by atoms with E-state index in [1.807, 2.05) is 18.4 Å². The van der Waals surface area contributed by atoms with E-state index in [9.17, 15) is 0 Å². The maximum Gasteiger partial charge on any atom is 0.0623 e. The van der Waals surface area contributed by atoms with Crippen LogP contribution in [0.25, 0.3) is 0 Å². The second-order valence-corrected chi connectivity index (χ2v) is 5.34. The number of nitrogens with one attached hydrogen (secondary N) is 1. The van der Waals surface area contributed by atoms with Gasteiger partial charge in [0.2, 0.25) is 0 Å². The van der Waals surface area contributed by atoms with Crippen molar-refractivity contribution in [3.05, 3.63) is 22.4 Å². The molecule has 2 nitrogen and oxygen atoms in total. The maximum atomic E-state index is 5.43. The fourth-order valence-electron chi connectivity index (χ4n) is 1.51. The Morgan fingerprint density at radius 1 is 1.53 bits per heavy atom. The van der Waals surface area contributed by atoms with Gasteiger partial charge in [-0.15, -0.1) is 11.3 Å². The zero-order valence-electron chi connectivity index (χ0n) is 10.0. The van der Waals surface area contributed by atoms with Crippen LogP contribution in [0.1, 0.15) is 37.6 Å². The normalized spacial score (nSPS) is 14.1. The molecule has 0 saturated heterocycles. The van der Waals surface area contributed by atoms with Gasteiger partial charge >= 0.3 is 0 Å². The van der Waals surface area contributed by atoms with Crippen molar-refractivity contribution in [1.29, 1.82) is 0 Å². The van der Waals surface area contributed by atoms with E-state index < -0.39 is 0 Å². The fourth-order valence-corrected chi connectivity index (χ4v) is 2.38. The third kappa shape index (κ3) is 3.93. The Labute approximate surface area is 96.7 Å². The molecule has 0 aliphatic rings. The van der Waals surface area contributed by atoms with E-state index in [1.165, 1.54) is 4.88 Å². The summed E-state index contributed by atoms with van der Waals surface area (Å²) in [6.45, 7) is 4.27. The Bertz CT molecular complexity index is 269. The van der Waals surface area contributed by atoms with Crippen molar-refractivity contribution in [2.45, 2.75) is 38.3 Å². The number of hydrogen-bond acceptors (Lipinski definition) is 3. The van der Waals surface area contributed by atoms with Crippen molar-refractivity contribution in [3.8, 4) is 0 Å². The fraction of sp³-hybridized carbons (Fsp3) is 0.667. The molecule has 15 heavy (non-hydrogen) atoms. The first-order chi connectivity index (χ1) is 7.09. The van der Waals surface area contributed by atoms with Gasteiger partial charge in [0.1, 0.15) is 0 Å². The molecular weight excluding hydrogens is 206 g/mol. The molecule has 0 saturated carbocycles. The molecule has 86 valence electrons. The molecule has 1 aromatic rings. The van der Waals surface area contributed by atoms with Crippen molar-refractivity contribution < 1.29 is 4.74 Å². The van der Waals surface area contributed by atoms with Gasteiger partial charge in [-0.05, 0) is 45.2 Å². The van der Waals surface area contributed by atoms with Gasteiger partial charge in [0.25, 0.3) is 0 Å². The largest absolute Gasteiger partial charge is 0.379 e. The number of thiophene rings is 1. The lowest BCUT2D eigenvalue weighted by molar-refractivity contribution is 0.0119. The summed E-state index contributed by atoms with van der Waals surface area (Å²) >= 11 is 1.81. The van der Waals surface area contributed by atoms with Crippen LogP contribution in [0.3, 0.4) is 0 Å². The van der Waals surface area contributed by atoms with E-state index in [1.54, 1.807) is 7.11 Å². The van der Waals surface area contributed by atoms with Crippen molar-refractivity contribution in [3.63, 3.8) is 0 Å². The summed E-state index contributed by atoms with van der Waals surface area (Å²) in [6, 6.07) is 4.75. The van der Waals surface area contributed by atoms with E-state index in [4.69, 9.17) is 4.74 Å². The summed E-state index contributed by atoms with van der Waals surface area (Å²) in [4.78, 5) is 1.41. The zero-order chi connectivity index (χ0) is 11.3. The zero-order valence-corrected chi connectivity index (χ0v) is 10.9. The van der Waals surface area contributed by atoms with E-state index in [2.05, 4.69) is 36.7 Å². The van der Waals surface area contributed by atoms with E-state index >= 15 is 0 Å². The molecular formula is C12H21NOS. The van der Waals surface area contributed by atoms with E-state index in [0.29, 0.717) is 6.04 Å². The average molecular weight is 227 g/mol. The molecule has 0 spiro atoms. The average Bonchev–Trinajstić information content (AvgIpc) is 2.72. The SMILES string of the molecule is CNC(CCC(C)(C)OC)c1cccs1. The summed E-state index contributed by atoms with van der Waals surface area (Å²) in [6.07, 6.45) is 2.17. The molecule has 3 heteroatoms. The van der Waals surface area contributed by atoms with Crippen LogP contribution in [0, 0.1) is 0 Å². The van der Waals surface area contributed by atoms with Crippen LogP contribution < -0.4 is 5.32 Å². The molecule has 1 aromatic heterocycles. The highest BCUT2D eigenvalue weighted by Gasteiger charge is 2.19. The number of hydrogen-bond donors (Lipinski definition) is 1. The van der Waals surface area contributed by atoms with Crippen LogP contribution in [0.2, 0.25) is 0 Å². The molecule has 0 fully saturated rings. The highest BCUT2D eigenvalue weighted by molar-refractivity contribution is 7.10. The maximum absolute atomic E-state index is 5.43. The third-order valence-electron chi connectivity index (χ3n) is 2.82. The Morgan fingerprint density at radius 2 is 2.27 bits per heavy atom. The summed E-state index contributed by atoms with van der Waals surface area (Å²) in [5.41, 5.74) is -0.0215. The quantitative estimate of drug-likeness (QED) is 0.805. The lowest BCUT2D eigenvalue weighted by Gasteiger charge is -2.25. The van der Waals surface area contributed by atoms with Crippen LogP contribution in [-0.4, -0.2) is 19.8 Å². The molecule has 1 heterocycles. The van der Waals surface area contributed by atoms with Gasteiger partial charge in [-0.1, -0.05) is 6.07 Å². The smallest absolute Gasteiger partial charge is 0.0623 e. The predicted octanol–water partition coefficient (Wildman–Crippen LogP) is 3.21. The molecule has 0 aromatic carbocycles. The molecule has 0 amide bonds. The third-order valence-corrected chi connectivity index (χ3v) is 3.81. The minimum atomic E-state index is -0.0215. The van der Waals surface area contributed by atoms with Gasteiger partial charge in [-0.25, -0.2) is 0 Å². The van der Waals surface area contributed by atoms with Crippen LogP contribution >= 0.6 is 11.3 Å². The molecule has 0 bridgehead atoms. The van der Waals surface area contributed by atoms with Crippen molar-refractivity contribution >= 4 is 11.3 Å². The van der Waals surface area contributed by atoms with Crippen LogP contribution in [-0.2, 0) is 4.74 Å². The Kier molecular flexibility index (Phi) is 4.77. The molecule has 1 N–H and O–H groups in total. The first kappa shape index (κ1) is 12.7. The first-order valence-corrected chi connectivity index (χ1v) is 6.23. The predicted molar refractivity (Wildman–Crippen MR) is 66.4 cm³/mol. The Balaban J connectivity index is 2.49. The van der Waals surface area contributed by atoms with E-state index in [0.717, 1.165) is 12.8 Å². The van der Waals surface area contributed by atoms with Gasteiger partial charge in [0, 0.05) is 18.0 Å². The molecule has 1 atom stereocenters. The monoisotopic (exact) mass is 227 g/mol. The van der Waals surface area contributed by atoms with Gasteiger partial charge in [0.15, 0.2) is 0 Å². The van der Waals surface area contributed by atoms with Gasteiger partial charge in [0.05, 0.1) is 5.60 Å². The number of rotatable bonds is 6. The lowest BCUT2D eigenvalue weighted by atomic mass is 9.98. The second-order valence-electron chi connectivity index (χ2n) is 4.36. The standard InChI is InChI=1S/C12H21NOS/c1-12(2,14-4)8-7-10(13-3)11-6-5-9-15-11/h5-6,9-10,13H,7-8H2,1-4H3. The summed E-state index contributed by atoms with van der Waals surface area (Å²) in [5.74, 6) is 0. The van der Waals surface area contributed by atoms with Crippen LogP contribution in [0.5, 0.6) is 0 Å². The van der Waals surface area contributed by atoms with Crippen molar-refractivity contribution in [2.24, 2.45) is 0 Å². The topological polar surface area (TPSA) is 21.3 Å². The number of ether oxygens (including phenoxy) is 1. The molecule has 0 radical (unpaired) electrons. The Morgan fingerprint density at radius 3 is 2.73 bits per heavy atom. The molecule has 0 aliphatic carbocycles. The van der Waals surface area contributed by atoms with Crippen molar-refractivity contribution in [2.75, 3.05) is 14.2 Å². The summed E-state index contributed by atoms with van der Waals surface area (Å²) < 4.78 is 5.43. The highest BCUT2D eigenvalue weighted by Crippen LogP contribution is 2.26. The minimum Gasteiger partial charge on any atom is -0.379 e. The van der Waals surface area contributed by atoms with Crippen molar-refractivity contribution in [1.82, 2.24) is 5.32 Å². The Hall–Kier alpha value is -0.380. The van der Waals surface area contributed by atoms with Gasteiger partial charge < -0.3 is 10.1 Å². The first-order valence-electron chi connectivity index (χ1n) is 5.35.